The lowest BCUT2D eigenvalue weighted by Crippen LogP contribution is -2.35. The molecule has 0 atom stereocenters. The fourth-order valence-corrected chi connectivity index (χ4v) is 1.71. The van der Waals surface area contributed by atoms with Crippen LogP contribution in [0.4, 0.5) is 5.95 Å². The van der Waals surface area contributed by atoms with Gasteiger partial charge in [-0.3, -0.25) is 9.59 Å². The molecule has 1 amide bonds. The normalized spacial score (nSPS) is 16.9. The number of carbonyl (C=O) groups is 2. The summed E-state index contributed by atoms with van der Waals surface area (Å²) in [6, 6.07) is 0. The van der Waals surface area contributed by atoms with Gasteiger partial charge in [-0.05, 0) is 6.42 Å². The van der Waals surface area contributed by atoms with Crippen LogP contribution in [0.25, 0.3) is 0 Å². The van der Waals surface area contributed by atoms with Crippen LogP contribution in [0.15, 0.2) is 12.4 Å². The summed E-state index contributed by atoms with van der Waals surface area (Å²) >= 11 is 0. The fraction of sp³-hybridized carbons (Fsp3) is 0.455. The third-order valence-electron chi connectivity index (χ3n) is 2.75. The molecule has 90 valence electrons. The van der Waals surface area contributed by atoms with Crippen molar-refractivity contribution in [1.82, 2.24) is 14.9 Å². The maximum atomic E-state index is 11.7. The molecule has 17 heavy (non-hydrogen) atoms. The average molecular weight is 234 g/mol. The topological polar surface area (TPSA) is 66.4 Å². The van der Waals surface area contributed by atoms with Gasteiger partial charge in [-0.1, -0.05) is 0 Å². The number of carbonyl (C=O) groups excluding carboxylic acids is 2. The molecular weight excluding hydrogens is 220 g/mol. The van der Waals surface area contributed by atoms with E-state index < -0.39 is 0 Å². The second kappa shape index (κ2) is 4.90. The minimum Gasteiger partial charge on any atom is -0.344 e. The van der Waals surface area contributed by atoms with E-state index in [1.165, 1.54) is 12.4 Å². The van der Waals surface area contributed by atoms with E-state index in [1.54, 1.807) is 11.9 Å². The third-order valence-corrected chi connectivity index (χ3v) is 2.75. The summed E-state index contributed by atoms with van der Waals surface area (Å²) in [4.78, 5) is 33.9. The Morgan fingerprint density at radius 2 is 2.00 bits per heavy atom. The Morgan fingerprint density at radius 3 is 2.65 bits per heavy atom. The van der Waals surface area contributed by atoms with Crippen molar-refractivity contribution in [3.8, 4) is 0 Å². The van der Waals surface area contributed by atoms with Crippen molar-refractivity contribution in [2.45, 2.75) is 6.42 Å². The third kappa shape index (κ3) is 2.58. The van der Waals surface area contributed by atoms with E-state index in [4.69, 9.17) is 0 Å². The molecule has 2 rings (SSSR count). The summed E-state index contributed by atoms with van der Waals surface area (Å²) in [5.41, 5.74) is 0.437. The molecular formula is C11H14N4O2. The lowest BCUT2D eigenvalue weighted by molar-refractivity contribution is -0.127. The van der Waals surface area contributed by atoms with Gasteiger partial charge >= 0.3 is 0 Å². The molecule has 1 aliphatic rings. The fourth-order valence-electron chi connectivity index (χ4n) is 1.71. The van der Waals surface area contributed by atoms with Crippen LogP contribution in [0.2, 0.25) is 0 Å². The molecule has 0 aromatic carbocycles. The standard InChI is InChI=1S/C11H14N4O2/c1-14-3-2-4-15(7-10(14)17)11-12-5-9(8-16)6-13-11/h5-6,8H,2-4,7H2,1H3. The largest absolute Gasteiger partial charge is 0.344 e. The van der Waals surface area contributed by atoms with Gasteiger partial charge in [0.1, 0.15) is 0 Å². The van der Waals surface area contributed by atoms with E-state index in [0.29, 0.717) is 17.8 Å². The van der Waals surface area contributed by atoms with Crippen LogP contribution >= 0.6 is 0 Å². The zero-order valence-corrected chi connectivity index (χ0v) is 9.67. The van der Waals surface area contributed by atoms with E-state index in [2.05, 4.69) is 9.97 Å². The second-order valence-electron chi connectivity index (χ2n) is 4.02. The summed E-state index contributed by atoms with van der Waals surface area (Å²) in [5, 5.41) is 0. The zero-order valence-electron chi connectivity index (χ0n) is 9.67. The molecule has 1 fully saturated rings. The molecule has 1 aromatic rings. The first-order chi connectivity index (χ1) is 8.20. The van der Waals surface area contributed by atoms with E-state index in [0.717, 1.165) is 19.5 Å². The minimum absolute atomic E-state index is 0.0607. The summed E-state index contributed by atoms with van der Waals surface area (Å²) < 4.78 is 0. The van der Waals surface area contributed by atoms with E-state index in [1.807, 2.05) is 4.90 Å². The summed E-state index contributed by atoms with van der Waals surface area (Å²) in [6.45, 7) is 1.79. The molecule has 0 unspecified atom stereocenters. The van der Waals surface area contributed by atoms with Crippen LogP contribution in [-0.2, 0) is 4.79 Å². The van der Waals surface area contributed by atoms with Crippen molar-refractivity contribution < 1.29 is 9.59 Å². The molecule has 0 spiro atoms. The minimum atomic E-state index is 0.0607. The van der Waals surface area contributed by atoms with Crippen molar-refractivity contribution in [2.24, 2.45) is 0 Å². The first-order valence-corrected chi connectivity index (χ1v) is 5.47. The summed E-state index contributed by atoms with van der Waals surface area (Å²) in [7, 11) is 1.79. The maximum absolute atomic E-state index is 11.7. The van der Waals surface area contributed by atoms with E-state index in [9.17, 15) is 9.59 Å². The maximum Gasteiger partial charge on any atom is 0.241 e. The molecule has 6 heteroatoms. The number of aldehydes is 1. The highest BCUT2D eigenvalue weighted by molar-refractivity contribution is 5.81. The van der Waals surface area contributed by atoms with Crippen LogP contribution in [0.5, 0.6) is 0 Å². The molecule has 2 heterocycles. The molecule has 0 radical (unpaired) electrons. The molecule has 0 bridgehead atoms. The van der Waals surface area contributed by atoms with E-state index in [-0.39, 0.29) is 12.5 Å². The number of rotatable bonds is 2. The van der Waals surface area contributed by atoms with Crippen molar-refractivity contribution in [3.63, 3.8) is 0 Å². The molecule has 0 saturated carbocycles. The highest BCUT2D eigenvalue weighted by Gasteiger charge is 2.20. The Bertz CT molecular complexity index is 418. The highest BCUT2D eigenvalue weighted by atomic mass is 16.2. The average Bonchev–Trinajstić information content (AvgIpc) is 2.52. The van der Waals surface area contributed by atoms with Gasteiger partial charge in [0, 0.05) is 32.5 Å². The molecule has 1 aliphatic heterocycles. The highest BCUT2D eigenvalue weighted by Crippen LogP contribution is 2.10. The van der Waals surface area contributed by atoms with Gasteiger partial charge in [0.2, 0.25) is 11.9 Å². The summed E-state index contributed by atoms with van der Waals surface area (Å²) in [5.74, 6) is 0.560. The number of nitrogens with zero attached hydrogens (tertiary/aromatic N) is 4. The van der Waals surface area contributed by atoms with Crippen molar-refractivity contribution in [3.05, 3.63) is 18.0 Å². The Labute approximate surface area is 99.3 Å². The Balaban J connectivity index is 2.15. The first kappa shape index (κ1) is 11.5. The van der Waals surface area contributed by atoms with Gasteiger partial charge in [0.15, 0.2) is 6.29 Å². The number of amides is 1. The van der Waals surface area contributed by atoms with Gasteiger partial charge < -0.3 is 9.80 Å². The van der Waals surface area contributed by atoms with Crippen molar-refractivity contribution in [2.75, 3.05) is 31.6 Å². The second-order valence-corrected chi connectivity index (χ2v) is 4.02. The van der Waals surface area contributed by atoms with Crippen LogP contribution < -0.4 is 4.90 Å². The van der Waals surface area contributed by atoms with Crippen LogP contribution in [-0.4, -0.2) is 53.7 Å². The van der Waals surface area contributed by atoms with Crippen LogP contribution in [0.3, 0.4) is 0 Å². The summed E-state index contributed by atoms with van der Waals surface area (Å²) in [6.07, 6.45) is 4.52. The quantitative estimate of drug-likeness (QED) is 0.672. The zero-order chi connectivity index (χ0) is 12.3. The SMILES string of the molecule is CN1CCCN(c2ncc(C=O)cn2)CC1=O. The Hall–Kier alpha value is -1.98. The predicted molar refractivity (Wildman–Crippen MR) is 61.9 cm³/mol. The predicted octanol–water partition coefficient (Wildman–Crippen LogP) is -0.0424. The number of hydrogen-bond acceptors (Lipinski definition) is 5. The first-order valence-electron chi connectivity index (χ1n) is 5.47. The lowest BCUT2D eigenvalue weighted by atomic mass is 10.4. The Morgan fingerprint density at radius 1 is 1.29 bits per heavy atom. The molecule has 0 N–H and O–H groups in total. The molecule has 1 saturated heterocycles. The molecule has 6 nitrogen and oxygen atoms in total. The van der Waals surface area contributed by atoms with Crippen LogP contribution in [0, 0.1) is 0 Å². The number of likely N-dealkylation sites (N-methyl/N-ethyl adjacent to an activating group) is 1. The number of anilines is 1. The van der Waals surface area contributed by atoms with Gasteiger partial charge in [0.25, 0.3) is 0 Å². The van der Waals surface area contributed by atoms with Gasteiger partial charge in [-0.25, -0.2) is 9.97 Å². The molecule has 0 aliphatic carbocycles. The van der Waals surface area contributed by atoms with Gasteiger partial charge in [0.05, 0.1) is 12.1 Å². The monoisotopic (exact) mass is 234 g/mol. The van der Waals surface area contributed by atoms with Gasteiger partial charge in [-0.15, -0.1) is 0 Å². The van der Waals surface area contributed by atoms with Crippen molar-refractivity contribution in [1.29, 1.82) is 0 Å². The number of hydrogen-bond donors (Lipinski definition) is 0. The molecule has 1 aromatic heterocycles. The number of aromatic nitrogens is 2. The smallest absolute Gasteiger partial charge is 0.241 e. The van der Waals surface area contributed by atoms with Gasteiger partial charge in [-0.2, -0.15) is 0 Å². The van der Waals surface area contributed by atoms with Crippen molar-refractivity contribution >= 4 is 18.1 Å². The lowest BCUT2D eigenvalue weighted by Gasteiger charge is -2.19. The van der Waals surface area contributed by atoms with Crippen LogP contribution in [0.1, 0.15) is 16.8 Å². The van der Waals surface area contributed by atoms with E-state index >= 15 is 0 Å². The Kier molecular flexibility index (Phi) is 3.32.